The lowest BCUT2D eigenvalue weighted by Crippen LogP contribution is -2.21. The number of hydrogen-bond acceptors (Lipinski definition) is 4. The highest BCUT2D eigenvalue weighted by molar-refractivity contribution is 6.30. The Hall–Kier alpha value is -1.20. The van der Waals surface area contributed by atoms with Crippen molar-refractivity contribution in [1.29, 1.82) is 0 Å². The molecule has 1 fully saturated rings. The molecule has 0 unspecified atom stereocenters. The quantitative estimate of drug-likeness (QED) is 0.817. The molecule has 0 aromatic carbocycles. The SMILES string of the molecule is NCC1(c2nc3ncc(Cl)cn3n2)CC1. The van der Waals surface area contributed by atoms with Crippen LogP contribution in [0.5, 0.6) is 0 Å². The number of nitrogens with two attached hydrogens (primary N) is 1. The number of nitrogens with zero attached hydrogens (tertiary/aromatic N) is 4. The molecule has 2 aromatic heterocycles. The second-order valence-corrected chi connectivity index (χ2v) is 4.37. The second-order valence-electron chi connectivity index (χ2n) is 3.94. The van der Waals surface area contributed by atoms with E-state index in [1.165, 1.54) is 0 Å². The van der Waals surface area contributed by atoms with E-state index in [9.17, 15) is 0 Å². The molecule has 2 aromatic rings. The Morgan fingerprint density at radius 2 is 2.33 bits per heavy atom. The summed E-state index contributed by atoms with van der Waals surface area (Å²) in [5.41, 5.74) is 5.72. The van der Waals surface area contributed by atoms with Crippen LogP contribution in [0.2, 0.25) is 5.02 Å². The van der Waals surface area contributed by atoms with E-state index in [4.69, 9.17) is 17.3 Å². The first-order valence-electron chi connectivity index (χ1n) is 4.82. The third-order valence-electron chi connectivity index (χ3n) is 2.88. The second kappa shape index (κ2) is 2.90. The number of hydrogen-bond donors (Lipinski definition) is 1. The summed E-state index contributed by atoms with van der Waals surface area (Å²) in [6, 6.07) is 0. The molecule has 0 amide bonds. The molecule has 2 heterocycles. The van der Waals surface area contributed by atoms with Crippen molar-refractivity contribution in [3.63, 3.8) is 0 Å². The lowest BCUT2D eigenvalue weighted by molar-refractivity contribution is 0.647. The Labute approximate surface area is 91.3 Å². The van der Waals surface area contributed by atoms with Crippen LogP contribution in [-0.4, -0.2) is 26.1 Å². The fraction of sp³-hybridized carbons (Fsp3) is 0.444. The van der Waals surface area contributed by atoms with Gasteiger partial charge in [-0.15, -0.1) is 5.10 Å². The van der Waals surface area contributed by atoms with Gasteiger partial charge in [0.2, 0.25) is 0 Å². The van der Waals surface area contributed by atoms with Crippen LogP contribution in [0.15, 0.2) is 12.4 Å². The molecule has 6 heteroatoms. The van der Waals surface area contributed by atoms with E-state index >= 15 is 0 Å². The van der Waals surface area contributed by atoms with Crippen LogP contribution < -0.4 is 5.73 Å². The van der Waals surface area contributed by atoms with Gasteiger partial charge < -0.3 is 5.73 Å². The van der Waals surface area contributed by atoms with E-state index < -0.39 is 0 Å². The maximum atomic E-state index is 5.82. The van der Waals surface area contributed by atoms with Crippen LogP contribution in [0.25, 0.3) is 5.78 Å². The fourth-order valence-corrected chi connectivity index (χ4v) is 1.80. The van der Waals surface area contributed by atoms with Crippen molar-refractivity contribution in [3.8, 4) is 0 Å². The first-order valence-corrected chi connectivity index (χ1v) is 5.20. The van der Waals surface area contributed by atoms with Gasteiger partial charge in [-0.1, -0.05) is 11.6 Å². The van der Waals surface area contributed by atoms with Crippen molar-refractivity contribution in [2.24, 2.45) is 5.73 Å². The van der Waals surface area contributed by atoms with Gasteiger partial charge in [-0.05, 0) is 12.8 Å². The van der Waals surface area contributed by atoms with E-state index in [1.54, 1.807) is 16.9 Å². The molecular weight excluding hydrogens is 214 g/mol. The molecule has 0 saturated heterocycles. The average molecular weight is 224 g/mol. The smallest absolute Gasteiger partial charge is 0.252 e. The fourth-order valence-electron chi connectivity index (χ4n) is 1.65. The Bertz CT molecular complexity index is 516. The summed E-state index contributed by atoms with van der Waals surface area (Å²) in [6.45, 7) is 0.595. The lowest BCUT2D eigenvalue weighted by Gasteiger charge is -2.04. The van der Waals surface area contributed by atoms with Crippen LogP contribution in [0.4, 0.5) is 0 Å². The molecule has 0 radical (unpaired) electrons. The normalized spacial score (nSPS) is 18.3. The highest BCUT2D eigenvalue weighted by atomic mass is 35.5. The Balaban J connectivity index is 2.14. The molecule has 0 bridgehead atoms. The minimum absolute atomic E-state index is 0.000175. The van der Waals surface area contributed by atoms with Crippen molar-refractivity contribution < 1.29 is 0 Å². The zero-order valence-electron chi connectivity index (χ0n) is 8.02. The molecule has 1 saturated carbocycles. The zero-order valence-corrected chi connectivity index (χ0v) is 8.78. The van der Waals surface area contributed by atoms with Crippen molar-refractivity contribution in [2.45, 2.75) is 18.3 Å². The average Bonchev–Trinajstić information content (AvgIpc) is 2.93. The highest BCUT2D eigenvalue weighted by Gasteiger charge is 2.46. The van der Waals surface area contributed by atoms with Gasteiger partial charge in [0.15, 0.2) is 5.82 Å². The molecule has 5 nitrogen and oxygen atoms in total. The maximum Gasteiger partial charge on any atom is 0.252 e. The van der Waals surface area contributed by atoms with Crippen molar-refractivity contribution in [2.75, 3.05) is 6.54 Å². The summed E-state index contributed by atoms with van der Waals surface area (Å²) in [4.78, 5) is 8.45. The van der Waals surface area contributed by atoms with Crippen LogP contribution in [-0.2, 0) is 5.41 Å². The maximum absolute atomic E-state index is 5.82. The Kier molecular flexibility index (Phi) is 1.75. The molecule has 1 aliphatic rings. The van der Waals surface area contributed by atoms with E-state index in [1.807, 2.05) is 0 Å². The zero-order chi connectivity index (χ0) is 10.5. The highest BCUT2D eigenvalue weighted by Crippen LogP contribution is 2.45. The lowest BCUT2D eigenvalue weighted by atomic mass is 10.1. The number of aromatic nitrogens is 4. The molecule has 2 N–H and O–H groups in total. The number of fused-ring (bicyclic) bond motifs is 1. The summed E-state index contributed by atoms with van der Waals surface area (Å²) in [7, 11) is 0. The largest absolute Gasteiger partial charge is 0.329 e. The Morgan fingerprint density at radius 3 is 3.00 bits per heavy atom. The first kappa shape index (κ1) is 9.06. The third kappa shape index (κ3) is 1.31. The molecule has 1 aliphatic carbocycles. The molecule has 0 spiro atoms. The van der Waals surface area contributed by atoms with Crippen molar-refractivity contribution in [1.82, 2.24) is 19.6 Å². The van der Waals surface area contributed by atoms with Crippen LogP contribution >= 0.6 is 11.6 Å². The summed E-state index contributed by atoms with van der Waals surface area (Å²) in [5.74, 6) is 1.37. The first-order chi connectivity index (χ1) is 7.23. The van der Waals surface area contributed by atoms with Gasteiger partial charge in [0.1, 0.15) is 0 Å². The minimum atomic E-state index is 0.000175. The van der Waals surface area contributed by atoms with E-state index in [2.05, 4.69) is 15.1 Å². The number of rotatable bonds is 2. The molecule has 0 aliphatic heterocycles. The van der Waals surface area contributed by atoms with Crippen molar-refractivity contribution >= 4 is 17.4 Å². The van der Waals surface area contributed by atoms with E-state index in [0.717, 1.165) is 18.7 Å². The van der Waals surface area contributed by atoms with Gasteiger partial charge in [-0.25, -0.2) is 9.50 Å². The van der Waals surface area contributed by atoms with Crippen LogP contribution in [0.3, 0.4) is 0 Å². The van der Waals surface area contributed by atoms with Crippen LogP contribution in [0.1, 0.15) is 18.7 Å². The minimum Gasteiger partial charge on any atom is -0.329 e. The van der Waals surface area contributed by atoms with Crippen LogP contribution in [0, 0.1) is 0 Å². The number of halogens is 1. The summed E-state index contributed by atoms with van der Waals surface area (Å²) >= 11 is 5.82. The summed E-state index contributed by atoms with van der Waals surface area (Å²) < 4.78 is 1.60. The molecule has 15 heavy (non-hydrogen) atoms. The van der Waals surface area contributed by atoms with Crippen molar-refractivity contribution in [3.05, 3.63) is 23.2 Å². The van der Waals surface area contributed by atoms with Gasteiger partial charge >= 0.3 is 0 Å². The predicted octanol–water partition coefficient (Wildman–Crippen LogP) is 0.768. The molecule has 0 atom stereocenters. The third-order valence-corrected chi connectivity index (χ3v) is 3.08. The Morgan fingerprint density at radius 1 is 1.53 bits per heavy atom. The monoisotopic (exact) mass is 223 g/mol. The van der Waals surface area contributed by atoms with Gasteiger partial charge in [0, 0.05) is 12.0 Å². The van der Waals surface area contributed by atoms with E-state index in [0.29, 0.717) is 17.3 Å². The summed E-state index contributed by atoms with van der Waals surface area (Å²) in [6.07, 6.45) is 5.40. The van der Waals surface area contributed by atoms with Gasteiger partial charge in [0.25, 0.3) is 5.78 Å². The molecule has 78 valence electrons. The summed E-state index contributed by atoms with van der Waals surface area (Å²) in [5, 5.41) is 4.91. The predicted molar refractivity (Wildman–Crippen MR) is 55.8 cm³/mol. The standard InChI is InChI=1S/C9H10ClN5/c10-6-3-12-8-13-7(14-15(8)4-6)9(5-11)1-2-9/h3-4H,1-2,5,11H2. The van der Waals surface area contributed by atoms with Gasteiger partial charge in [0.05, 0.1) is 17.4 Å². The molecule has 3 rings (SSSR count). The van der Waals surface area contributed by atoms with Gasteiger partial charge in [-0.3, -0.25) is 0 Å². The topological polar surface area (TPSA) is 69.1 Å². The van der Waals surface area contributed by atoms with E-state index in [-0.39, 0.29) is 5.41 Å². The molecular formula is C9H10ClN5. The van der Waals surface area contributed by atoms with Gasteiger partial charge in [-0.2, -0.15) is 4.98 Å².